The van der Waals surface area contributed by atoms with E-state index in [9.17, 15) is 9.18 Å². The summed E-state index contributed by atoms with van der Waals surface area (Å²) in [4.78, 5) is 15.2. The first-order chi connectivity index (χ1) is 15.5. The molecule has 172 valence electrons. The van der Waals surface area contributed by atoms with E-state index in [1.165, 1.54) is 37.7 Å². The topological polar surface area (TPSA) is 44.4 Å². The highest BCUT2D eigenvalue weighted by molar-refractivity contribution is 9.10. The number of carbonyl (C=O) groups is 1. The van der Waals surface area contributed by atoms with E-state index in [1.807, 2.05) is 36.4 Å². The molecule has 1 aliphatic carbocycles. The molecule has 0 radical (unpaired) electrons. The van der Waals surface area contributed by atoms with Gasteiger partial charge in [-0.15, -0.1) is 0 Å². The number of rotatable bonds is 6. The molecule has 2 aliphatic rings. The second-order valence-corrected chi connectivity index (χ2v) is 10.3. The van der Waals surface area contributed by atoms with Gasteiger partial charge in [-0.2, -0.15) is 0 Å². The van der Waals surface area contributed by atoms with Crippen molar-refractivity contribution in [3.05, 3.63) is 64.4 Å². The first-order valence-electron chi connectivity index (χ1n) is 11.8. The second-order valence-electron chi connectivity index (χ2n) is 9.36. The third-order valence-electron chi connectivity index (χ3n) is 6.84. The van der Waals surface area contributed by atoms with Crippen LogP contribution in [0.1, 0.15) is 44.1 Å². The van der Waals surface area contributed by atoms with Gasteiger partial charge in [-0.05, 0) is 86.4 Å². The average Bonchev–Trinajstić information content (AvgIpc) is 2.77. The van der Waals surface area contributed by atoms with Crippen LogP contribution in [0.25, 0.3) is 0 Å². The van der Waals surface area contributed by atoms with Crippen molar-refractivity contribution >= 4 is 27.6 Å². The number of hydrogen-bond acceptors (Lipinski definition) is 2. The quantitative estimate of drug-likeness (QED) is 0.493. The van der Waals surface area contributed by atoms with Crippen molar-refractivity contribution in [1.82, 2.24) is 10.2 Å². The molecule has 2 fully saturated rings. The van der Waals surface area contributed by atoms with Crippen LogP contribution < -0.4 is 10.6 Å². The number of piperidine rings is 1. The SMILES string of the molecule is O=C(Nc1cccc(Br)c1)N[C@@H]1CCCC[C@H]1CN1CCC[C@@H](Cc2ccc(F)cc2)C1. The first-order valence-corrected chi connectivity index (χ1v) is 12.6. The zero-order valence-electron chi connectivity index (χ0n) is 18.5. The molecule has 2 N–H and O–H groups in total. The minimum atomic E-state index is -0.168. The van der Waals surface area contributed by atoms with Gasteiger partial charge in [0.25, 0.3) is 0 Å². The minimum absolute atomic E-state index is 0.118. The maximum absolute atomic E-state index is 13.2. The largest absolute Gasteiger partial charge is 0.335 e. The average molecular weight is 502 g/mol. The van der Waals surface area contributed by atoms with Crippen molar-refractivity contribution < 1.29 is 9.18 Å². The van der Waals surface area contributed by atoms with E-state index in [0.29, 0.717) is 11.8 Å². The third kappa shape index (κ3) is 6.79. The van der Waals surface area contributed by atoms with Crippen LogP contribution >= 0.6 is 15.9 Å². The lowest BCUT2D eigenvalue weighted by atomic mass is 9.83. The molecule has 1 aliphatic heterocycles. The number of carbonyl (C=O) groups excluding carboxylic acids is 1. The van der Waals surface area contributed by atoms with Crippen molar-refractivity contribution in [3.63, 3.8) is 0 Å². The fourth-order valence-corrected chi connectivity index (χ4v) is 5.69. The fraction of sp³-hybridized carbons (Fsp3) is 0.500. The van der Waals surface area contributed by atoms with Crippen LogP contribution in [0.15, 0.2) is 53.0 Å². The highest BCUT2D eigenvalue weighted by Crippen LogP contribution is 2.28. The van der Waals surface area contributed by atoms with E-state index >= 15 is 0 Å². The van der Waals surface area contributed by atoms with Crippen molar-refractivity contribution in [2.24, 2.45) is 11.8 Å². The minimum Gasteiger partial charge on any atom is -0.335 e. The predicted molar refractivity (Wildman–Crippen MR) is 131 cm³/mol. The Bertz CT molecular complexity index is 891. The summed E-state index contributed by atoms with van der Waals surface area (Å²) >= 11 is 3.45. The van der Waals surface area contributed by atoms with Crippen molar-refractivity contribution in [2.75, 3.05) is 25.0 Å². The summed E-state index contributed by atoms with van der Waals surface area (Å²) in [7, 11) is 0. The van der Waals surface area contributed by atoms with Gasteiger partial charge in [0, 0.05) is 29.3 Å². The number of urea groups is 1. The van der Waals surface area contributed by atoms with Gasteiger partial charge >= 0.3 is 6.03 Å². The lowest BCUT2D eigenvalue weighted by Gasteiger charge is -2.39. The molecule has 4 nitrogen and oxygen atoms in total. The molecule has 2 aromatic rings. The molecule has 2 aromatic carbocycles. The summed E-state index contributed by atoms with van der Waals surface area (Å²) < 4.78 is 14.2. The Hall–Kier alpha value is -1.92. The van der Waals surface area contributed by atoms with Crippen LogP contribution in [0, 0.1) is 17.7 Å². The molecule has 2 amide bonds. The summed E-state index contributed by atoms with van der Waals surface area (Å²) in [6.07, 6.45) is 8.08. The number of anilines is 1. The van der Waals surface area contributed by atoms with Crippen molar-refractivity contribution in [3.8, 4) is 0 Å². The van der Waals surface area contributed by atoms with Crippen molar-refractivity contribution in [1.29, 1.82) is 0 Å². The number of nitrogens with one attached hydrogen (secondary N) is 2. The summed E-state index contributed by atoms with van der Waals surface area (Å²) in [5, 5.41) is 6.23. The standard InChI is InChI=1S/C26H33BrFN3O/c27-22-7-3-8-24(16-22)29-26(32)30-25-9-2-1-6-21(25)18-31-14-4-5-20(17-31)15-19-10-12-23(28)13-11-19/h3,7-8,10-13,16,20-21,25H,1-2,4-6,9,14-15,17-18H2,(H2,29,30,32)/t20-,21-,25+/m0/s1. The molecule has 0 bridgehead atoms. The van der Waals surface area contributed by atoms with Gasteiger partial charge in [0.15, 0.2) is 0 Å². The lowest BCUT2D eigenvalue weighted by Crippen LogP contribution is -2.49. The van der Waals surface area contributed by atoms with Gasteiger partial charge in [0.2, 0.25) is 0 Å². The Morgan fingerprint density at radius 2 is 1.88 bits per heavy atom. The molecule has 4 rings (SSSR count). The van der Waals surface area contributed by atoms with Crippen LogP contribution in [0.2, 0.25) is 0 Å². The highest BCUT2D eigenvalue weighted by Gasteiger charge is 2.30. The zero-order valence-corrected chi connectivity index (χ0v) is 20.1. The van der Waals surface area contributed by atoms with Crippen LogP contribution in [0.5, 0.6) is 0 Å². The maximum Gasteiger partial charge on any atom is 0.319 e. The predicted octanol–water partition coefficient (Wildman–Crippen LogP) is 6.22. The summed E-state index contributed by atoms with van der Waals surface area (Å²) in [6.45, 7) is 3.26. The fourth-order valence-electron chi connectivity index (χ4n) is 5.29. The Balaban J connectivity index is 1.30. The third-order valence-corrected chi connectivity index (χ3v) is 7.33. The molecule has 6 heteroatoms. The number of benzene rings is 2. The molecule has 1 saturated carbocycles. The Kier molecular flexibility index (Phi) is 8.20. The van der Waals surface area contributed by atoms with Crippen LogP contribution in [-0.2, 0) is 6.42 Å². The molecule has 1 saturated heterocycles. The molecule has 0 spiro atoms. The van der Waals surface area contributed by atoms with Crippen LogP contribution in [0.4, 0.5) is 14.9 Å². The van der Waals surface area contributed by atoms with Crippen molar-refractivity contribution in [2.45, 2.75) is 51.0 Å². The van der Waals surface area contributed by atoms with E-state index in [2.05, 4.69) is 31.5 Å². The number of likely N-dealkylation sites (tertiary alicyclic amines) is 1. The van der Waals surface area contributed by atoms with E-state index in [1.54, 1.807) is 12.1 Å². The highest BCUT2D eigenvalue weighted by atomic mass is 79.9. The van der Waals surface area contributed by atoms with E-state index < -0.39 is 0 Å². The molecular formula is C26H33BrFN3O. The molecule has 0 aromatic heterocycles. The van der Waals surface area contributed by atoms with Gasteiger partial charge < -0.3 is 15.5 Å². The molecule has 1 heterocycles. The first kappa shape index (κ1) is 23.2. The zero-order chi connectivity index (χ0) is 22.3. The lowest BCUT2D eigenvalue weighted by molar-refractivity contribution is 0.123. The summed E-state index contributed by atoms with van der Waals surface area (Å²) in [5.41, 5.74) is 2.02. The van der Waals surface area contributed by atoms with Gasteiger partial charge in [-0.25, -0.2) is 9.18 Å². The van der Waals surface area contributed by atoms with E-state index in [-0.39, 0.29) is 17.9 Å². The number of hydrogen-bond donors (Lipinski definition) is 2. The number of nitrogens with zero attached hydrogens (tertiary/aromatic N) is 1. The molecule has 0 unspecified atom stereocenters. The second kappa shape index (κ2) is 11.3. The monoisotopic (exact) mass is 501 g/mol. The molecular weight excluding hydrogens is 469 g/mol. The number of amides is 2. The van der Waals surface area contributed by atoms with Crippen LogP contribution in [-0.4, -0.2) is 36.6 Å². The summed E-state index contributed by atoms with van der Waals surface area (Å²) in [5.74, 6) is 0.935. The smallest absolute Gasteiger partial charge is 0.319 e. The van der Waals surface area contributed by atoms with Gasteiger partial charge in [-0.3, -0.25) is 0 Å². The van der Waals surface area contributed by atoms with Gasteiger partial charge in [-0.1, -0.05) is 47.0 Å². The Morgan fingerprint density at radius 3 is 2.69 bits per heavy atom. The normalized spacial score (nSPS) is 24.1. The summed E-state index contributed by atoms with van der Waals surface area (Å²) in [6, 6.07) is 14.7. The Morgan fingerprint density at radius 1 is 1.06 bits per heavy atom. The Labute approximate surface area is 199 Å². The molecule has 3 atom stereocenters. The van der Waals surface area contributed by atoms with E-state index in [4.69, 9.17) is 0 Å². The maximum atomic E-state index is 13.2. The van der Waals surface area contributed by atoms with Crippen LogP contribution in [0.3, 0.4) is 0 Å². The molecule has 32 heavy (non-hydrogen) atoms. The van der Waals surface area contributed by atoms with Gasteiger partial charge in [0.1, 0.15) is 5.82 Å². The van der Waals surface area contributed by atoms with Gasteiger partial charge in [0.05, 0.1) is 0 Å². The number of halogens is 2. The van der Waals surface area contributed by atoms with E-state index in [0.717, 1.165) is 42.6 Å².